The molecule has 20 heavy (non-hydrogen) atoms. The van der Waals surface area contributed by atoms with Crippen LogP contribution in [0.25, 0.3) is 0 Å². The van der Waals surface area contributed by atoms with Crippen LogP contribution in [-0.4, -0.2) is 28.6 Å². The molecule has 0 fully saturated rings. The zero-order chi connectivity index (χ0) is 15.3. The number of carbonyl (C=O) groups is 1. The molecule has 0 aliphatic heterocycles. The van der Waals surface area contributed by atoms with Gasteiger partial charge in [-0.3, -0.25) is 4.79 Å². The molecule has 0 bridgehead atoms. The smallest absolute Gasteiger partial charge is 0.389 e. The predicted molar refractivity (Wildman–Crippen MR) is 68.2 cm³/mol. The Morgan fingerprint density at radius 2 is 2.10 bits per heavy atom. The maximum absolute atomic E-state index is 12.0. The Morgan fingerprint density at radius 1 is 1.45 bits per heavy atom. The van der Waals surface area contributed by atoms with Gasteiger partial charge < -0.3 is 11.1 Å². The van der Waals surface area contributed by atoms with E-state index < -0.39 is 18.5 Å². The van der Waals surface area contributed by atoms with E-state index in [1.54, 1.807) is 0 Å². The molecule has 0 spiro atoms. The SMILES string of the molecule is CC(C)c1ncc(N)c(C(=O)NCCCC(F)(F)F)n1. The van der Waals surface area contributed by atoms with Gasteiger partial charge in [-0.25, -0.2) is 9.97 Å². The summed E-state index contributed by atoms with van der Waals surface area (Å²) in [5.41, 5.74) is 5.69. The third kappa shape index (κ3) is 5.02. The molecule has 112 valence electrons. The number of nitrogen functional groups attached to an aromatic ring is 1. The Labute approximate surface area is 114 Å². The van der Waals surface area contributed by atoms with E-state index in [4.69, 9.17) is 5.73 Å². The topological polar surface area (TPSA) is 80.9 Å². The zero-order valence-electron chi connectivity index (χ0n) is 11.3. The summed E-state index contributed by atoms with van der Waals surface area (Å²) in [6, 6.07) is 0. The van der Waals surface area contributed by atoms with Crippen LogP contribution in [0.5, 0.6) is 0 Å². The van der Waals surface area contributed by atoms with Crippen molar-refractivity contribution < 1.29 is 18.0 Å². The zero-order valence-corrected chi connectivity index (χ0v) is 11.3. The van der Waals surface area contributed by atoms with Crippen LogP contribution in [0.3, 0.4) is 0 Å². The molecule has 3 N–H and O–H groups in total. The molecule has 0 aromatic carbocycles. The van der Waals surface area contributed by atoms with Gasteiger partial charge in [-0.15, -0.1) is 0 Å². The number of aromatic nitrogens is 2. The van der Waals surface area contributed by atoms with E-state index in [0.717, 1.165) is 0 Å². The fourth-order valence-corrected chi connectivity index (χ4v) is 1.44. The van der Waals surface area contributed by atoms with Crippen molar-refractivity contribution in [3.05, 3.63) is 17.7 Å². The number of nitrogens with zero attached hydrogens (tertiary/aromatic N) is 2. The minimum atomic E-state index is -4.22. The number of nitrogens with two attached hydrogens (primary N) is 1. The van der Waals surface area contributed by atoms with Crippen LogP contribution in [-0.2, 0) is 0 Å². The summed E-state index contributed by atoms with van der Waals surface area (Å²) in [6.07, 6.45) is -4.02. The lowest BCUT2D eigenvalue weighted by atomic mass is 10.2. The Morgan fingerprint density at radius 3 is 2.65 bits per heavy atom. The van der Waals surface area contributed by atoms with Crippen molar-refractivity contribution in [1.82, 2.24) is 15.3 Å². The second kappa shape index (κ2) is 6.53. The molecule has 0 radical (unpaired) electrons. The van der Waals surface area contributed by atoms with Crippen LogP contribution in [0, 0.1) is 0 Å². The van der Waals surface area contributed by atoms with Crippen LogP contribution < -0.4 is 11.1 Å². The van der Waals surface area contributed by atoms with Crippen LogP contribution in [0.2, 0.25) is 0 Å². The van der Waals surface area contributed by atoms with E-state index >= 15 is 0 Å². The Hall–Kier alpha value is -1.86. The Balaban J connectivity index is 2.61. The number of nitrogens with one attached hydrogen (secondary N) is 1. The molecule has 1 amide bonds. The predicted octanol–water partition coefficient (Wildman–Crippen LogP) is 2.25. The van der Waals surface area contributed by atoms with Crippen molar-refractivity contribution in [1.29, 1.82) is 0 Å². The van der Waals surface area contributed by atoms with E-state index in [2.05, 4.69) is 15.3 Å². The normalized spacial score (nSPS) is 11.7. The summed E-state index contributed by atoms with van der Waals surface area (Å²) < 4.78 is 35.9. The third-order valence-electron chi connectivity index (χ3n) is 2.49. The van der Waals surface area contributed by atoms with Crippen LogP contribution in [0.15, 0.2) is 6.20 Å². The molecule has 0 saturated carbocycles. The monoisotopic (exact) mass is 290 g/mol. The highest BCUT2D eigenvalue weighted by Crippen LogP contribution is 2.20. The second-order valence-electron chi connectivity index (χ2n) is 4.66. The maximum atomic E-state index is 12.0. The molecule has 1 heterocycles. The first-order chi connectivity index (χ1) is 9.20. The first kappa shape index (κ1) is 16.2. The van der Waals surface area contributed by atoms with Crippen LogP contribution in [0.1, 0.15) is 48.9 Å². The summed E-state index contributed by atoms with van der Waals surface area (Å²) in [5.74, 6) is -0.110. The van der Waals surface area contributed by atoms with Gasteiger partial charge in [0.1, 0.15) is 5.82 Å². The summed E-state index contributed by atoms with van der Waals surface area (Å²) in [5, 5.41) is 2.37. The van der Waals surface area contributed by atoms with Crippen LogP contribution >= 0.6 is 0 Å². The molecular weight excluding hydrogens is 273 g/mol. The minimum Gasteiger partial charge on any atom is -0.396 e. The second-order valence-corrected chi connectivity index (χ2v) is 4.66. The molecule has 1 aromatic rings. The minimum absolute atomic E-state index is 0.00397. The van der Waals surface area contributed by atoms with E-state index in [1.807, 2.05) is 13.8 Å². The first-order valence-corrected chi connectivity index (χ1v) is 6.18. The standard InChI is InChI=1S/C12H17F3N4O/c1-7(2)10-18-6-8(16)9(19-10)11(20)17-5-3-4-12(13,14)15/h6-7H,3-5,16H2,1-2H3,(H,17,20). The van der Waals surface area contributed by atoms with Crippen molar-refractivity contribution in [2.24, 2.45) is 0 Å². The largest absolute Gasteiger partial charge is 0.396 e. The number of anilines is 1. The molecule has 0 saturated heterocycles. The van der Waals surface area contributed by atoms with E-state index in [1.165, 1.54) is 6.20 Å². The molecule has 1 aromatic heterocycles. The maximum Gasteiger partial charge on any atom is 0.389 e. The van der Waals surface area contributed by atoms with Gasteiger partial charge in [0.2, 0.25) is 0 Å². The third-order valence-corrected chi connectivity index (χ3v) is 2.49. The van der Waals surface area contributed by atoms with Gasteiger partial charge >= 0.3 is 6.18 Å². The van der Waals surface area contributed by atoms with Crippen molar-refractivity contribution in [2.45, 2.75) is 38.8 Å². The lowest BCUT2D eigenvalue weighted by Crippen LogP contribution is -2.28. The quantitative estimate of drug-likeness (QED) is 0.815. The molecule has 0 aliphatic carbocycles. The number of carbonyl (C=O) groups excluding carboxylic acids is 1. The summed E-state index contributed by atoms with van der Waals surface area (Å²) in [7, 11) is 0. The van der Waals surface area contributed by atoms with Gasteiger partial charge in [0.05, 0.1) is 11.9 Å². The molecule has 1 rings (SSSR count). The van der Waals surface area contributed by atoms with Crippen molar-refractivity contribution >= 4 is 11.6 Å². The number of hydrogen-bond acceptors (Lipinski definition) is 4. The highest BCUT2D eigenvalue weighted by Gasteiger charge is 2.26. The lowest BCUT2D eigenvalue weighted by Gasteiger charge is -2.10. The Kier molecular flexibility index (Phi) is 5.29. The fourth-order valence-electron chi connectivity index (χ4n) is 1.44. The van der Waals surface area contributed by atoms with Crippen molar-refractivity contribution in [2.75, 3.05) is 12.3 Å². The summed E-state index contributed by atoms with van der Waals surface area (Å²) in [6.45, 7) is 3.63. The molecule has 0 unspecified atom stereocenters. The van der Waals surface area contributed by atoms with Gasteiger partial charge in [0, 0.05) is 18.9 Å². The average molecular weight is 290 g/mol. The summed E-state index contributed by atoms with van der Waals surface area (Å²) >= 11 is 0. The summed E-state index contributed by atoms with van der Waals surface area (Å²) in [4.78, 5) is 19.8. The van der Waals surface area contributed by atoms with Gasteiger partial charge in [-0.1, -0.05) is 13.8 Å². The fraction of sp³-hybridized carbons (Fsp3) is 0.583. The van der Waals surface area contributed by atoms with Crippen LogP contribution in [0.4, 0.5) is 18.9 Å². The number of amides is 1. The number of rotatable bonds is 5. The van der Waals surface area contributed by atoms with E-state index in [9.17, 15) is 18.0 Å². The molecule has 8 heteroatoms. The van der Waals surface area contributed by atoms with Gasteiger partial charge in [0.25, 0.3) is 5.91 Å². The highest BCUT2D eigenvalue weighted by molar-refractivity contribution is 5.96. The molecule has 5 nitrogen and oxygen atoms in total. The Bertz CT molecular complexity index is 474. The number of alkyl halides is 3. The lowest BCUT2D eigenvalue weighted by molar-refractivity contribution is -0.135. The van der Waals surface area contributed by atoms with Gasteiger partial charge in [-0.05, 0) is 6.42 Å². The molecule has 0 atom stereocenters. The van der Waals surface area contributed by atoms with E-state index in [0.29, 0.717) is 5.82 Å². The average Bonchev–Trinajstić information content (AvgIpc) is 2.33. The molecule has 0 aliphatic rings. The highest BCUT2D eigenvalue weighted by atomic mass is 19.4. The van der Waals surface area contributed by atoms with E-state index in [-0.39, 0.29) is 30.3 Å². The first-order valence-electron chi connectivity index (χ1n) is 6.18. The number of halogens is 3. The number of hydrogen-bond donors (Lipinski definition) is 2. The molecular formula is C12H17F3N4O. The van der Waals surface area contributed by atoms with Gasteiger partial charge in [0.15, 0.2) is 5.69 Å². The van der Waals surface area contributed by atoms with Gasteiger partial charge in [-0.2, -0.15) is 13.2 Å². The van der Waals surface area contributed by atoms with Crippen molar-refractivity contribution in [3.63, 3.8) is 0 Å². The van der Waals surface area contributed by atoms with Crippen molar-refractivity contribution in [3.8, 4) is 0 Å².